The number of hydrogen-bond acceptors (Lipinski definition) is 10. The van der Waals surface area contributed by atoms with Gasteiger partial charge in [-0.1, -0.05) is 29.4 Å². The van der Waals surface area contributed by atoms with Crippen molar-refractivity contribution in [3.63, 3.8) is 0 Å². The van der Waals surface area contributed by atoms with Gasteiger partial charge in [0.2, 0.25) is 11.8 Å². The maximum absolute atomic E-state index is 13.9. The standard InChI is InChI=1S/C39H46N4O12P2S2/c1-3-19-43-39(55)37(59-29-11-7-27(8-12-29)41-31(45)14-21-57(24-17-34(50)51)25-18-35(52)53)36(38(54)42(43)4-2)58-28-9-5-26(6-10-28)40-30(44)13-20-56(22-15-32(46)47)23-16-33(48)49/h1,5-12H,4,13-25H2,2H3,(H,40,44)(H,41,45)(H,46,47)(H,48,49)(H,50,51)(H,52,53). The average Bonchev–Trinajstić information content (AvgIpc) is 3.18. The second kappa shape index (κ2) is 24.9. The maximum Gasteiger partial charge on any atom is 0.303 e. The van der Waals surface area contributed by atoms with Gasteiger partial charge in [0.1, 0.15) is 6.54 Å². The van der Waals surface area contributed by atoms with Crippen LogP contribution in [0.2, 0.25) is 0 Å². The van der Waals surface area contributed by atoms with Crippen molar-refractivity contribution in [2.75, 3.05) is 47.6 Å². The Balaban J connectivity index is 1.75. The van der Waals surface area contributed by atoms with Crippen molar-refractivity contribution in [2.45, 2.75) is 78.1 Å². The fourth-order valence-electron chi connectivity index (χ4n) is 5.49. The fraction of sp³-hybridized carbons (Fsp3) is 0.385. The number of nitrogens with one attached hydrogen (secondary N) is 2. The Bertz CT molecular complexity index is 2100. The first-order valence-electron chi connectivity index (χ1n) is 18.4. The second-order valence-corrected chi connectivity index (χ2v) is 20.4. The van der Waals surface area contributed by atoms with Gasteiger partial charge in [-0.3, -0.25) is 38.4 Å². The molecule has 0 bridgehead atoms. The molecule has 0 saturated heterocycles. The number of anilines is 2. The minimum Gasteiger partial charge on any atom is -0.481 e. The van der Waals surface area contributed by atoms with E-state index in [9.17, 15) is 38.4 Å². The van der Waals surface area contributed by atoms with E-state index in [1.807, 2.05) is 0 Å². The van der Waals surface area contributed by atoms with E-state index >= 15 is 0 Å². The summed E-state index contributed by atoms with van der Waals surface area (Å²) in [5.41, 5.74) is 0.0103. The molecule has 6 N–H and O–H groups in total. The van der Waals surface area contributed by atoms with Crippen molar-refractivity contribution in [2.24, 2.45) is 0 Å². The molecule has 20 heteroatoms. The summed E-state index contributed by atoms with van der Waals surface area (Å²) in [4.78, 5) is 98.9. The molecule has 59 heavy (non-hydrogen) atoms. The first-order chi connectivity index (χ1) is 28.1. The molecule has 3 rings (SSSR count). The molecule has 16 nitrogen and oxygen atoms in total. The highest BCUT2D eigenvalue weighted by Gasteiger charge is 2.22. The van der Waals surface area contributed by atoms with E-state index in [1.165, 1.54) is 9.36 Å². The number of terminal acetylenes is 1. The van der Waals surface area contributed by atoms with Gasteiger partial charge in [-0.05, 0) is 92.4 Å². The van der Waals surface area contributed by atoms with Gasteiger partial charge in [-0.25, -0.2) is 9.36 Å². The van der Waals surface area contributed by atoms with Gasteiger partial charge in [0, 0.05) is 66.2 Å². The molecule has 0 aliphatic heterocycles. The van der Waals surface area contributed by atoms with Crippen LogP contribution in [0.4, 0.5) is 11.4 Å². The molecule has 0 fully saturated rings. The van der Waals surface area contributed by atoms with Gasteiger partial charge in [-0.15, -0.1) is 22.3 Å². The van der Waals surface area contributed by atoms with Crippen molar-refractivity contribution < 1.29 is 49.2 Å². The van der Waals surface area contributed by atoms with Crippen molar-refractivity contribution in [3.05, 3.63) is 69.2 Å². The molecular weight excluding hydrogens is 843 g/mol. The molecule has 0 spiro atoms. The summed E-state index contributed by atoms with van der Waals surface area (Å²) in [6.07, 6.45) is 7.44. The van der Waals surface area contributed by atoms with E-state index in [-0.39, 0.29) is 73.2 Å². The molecule has 0 saturated carbocycles. The number of benzene rings is 2. The highest BCUT2D eigenvalue weighted by atomic mass is 32.2. The van der Waals surface area contributed by atoms with Crippen LogP contribution in [0.3, 0.4) is 0 Å². The van der Waals surface area contributed by atoms with E-state index < -0.39 is 50.8 Å². The summed E-state index contributed by atoms with van der Waals surface area (Å²) in [7, 11) is -1.92. The molecule has 1 heterocycles. The Morgan fingerprint density at radius 3 is 1.20 bits per heavy atom. The number of amides is 2. The summed E-state index contributed by atoms with van der Waals surface area (Å²) in [6, 6.07) is 13.3. The molecule has 0 atom stereocenters. The van der Waals surface area contributed by atoms with Gasteiger partial charge in [0.05, 0.1) is 9.79 Å². The summed E-state index contributed by atoms with van der Waals surface area (Å²) in [5, 5.41) is 41.7. The van der Waals surface area contributed by atoms with Gasteiger partial charge >= 0.3 is 23.9 Å². The second-order valence-electron chi connectivity index (χ2n) is 12.9. The Hall–Kier alpha value is -4.94. The molecule has 0 radical (unpaired) electrons. The molecule has 0 aliphatic carbocycles. The van der Waals surface area contributed by atoms with Gasteiger partial charge < -0.3 is 31.1 Å². The van der Waals surface area contributed by atoms with Crippen LogP contribution >= 0.6 is 39.4 Å². The Labute approximate surface area is 351 Å². The lowest BCUT2D eigenvalue weighted by Crippen LogP contribution is -2.40. The zero-order valence-corrected chi connectivity index (χ0v) is 35.7. The molecule has 0 unspecified atom stereocenters. The molecule has 2 aromatic carbocycles. The highest BCUT2D eigenvalue weighted by molar-refractivity contribution is 8.02. The highest BCUT2D eigenvalue weighted by Crippen LogP contribution is 2.39. The number of carbonyl (C=O) groups is 6. The number of nitrogens with zero attached hydrogens (tertiary/aromatic N) is 2. The summed E-state index contributed by atoms with van der Waals surface area (Å²) < 4.78 is 2.48. The minimum atomic E-state index is -0.978. The lowest BCUT2D eigenvalue weighted by atomic mass is 10.3. The van der Waals surface area contributed by atoms with Crippen LogP contribution in [0.1, 0.15) is 45.4 Å². The Morgan fingerprint density at radius 2 is 0.898 bits per heavy atom. The van der Waals surface area contributed by atoms with Gasteiger partial charge in [0.25, 0.3) is 11.1 Å². The van der Waals surface area contributed by atoms with Crippen LogP contribution in [0.15, 0.2) is 77.7 Å². The molecule has 2 amide bonds. The molecule has 316 valence electrons. The number of aliphatic carboxylic acids is 4. The van der Waals surface area contributed by atoms with Gasteiger partial charge in [-0.2, -0.15) is 0 Å². The van der Waals surface area contributed by atoms with E-state index in [2.05, 4.69) is 16.6 Å². The van der Waals surface area contributed by atoms with Crippen LogP contribution < -0.4 is 21.8 Å². The van der Waals surface area contributed by atoms with Crippen LogP contribution in [0, 0.1) is 12.3 Å². The number of hydrogen-bond donors (Lipinski definition) is 6. The van der Waals surface area contributed by atoms with Crippen LogP contribution in [0.5, 0.6) is 0 Å². The topological polar surface area (TPSA) is 251 Å². The summed E-state index contributed by atoms with van der Waals surface area (Å²) in [5.74, 6) is -2.11. The maximum atomic E-state index is 13.9. The van der Waals surface area contributed by atoms with Crippen molar-refractivity contribution in [1.82, 2.24) is 9.36 Å². The zero-order chi connectivity index (χ0) is 43.5. The average molecular weight is 889 g/mol. The monoisotopic (exact) mass is 888 g/mol. The number of rotatable bonds is 26. The smallest absolute Gasteiger partial charge is 0.303 e. The summed E-state index contributed by atoms with van der Waals surface area (Å²) in [6.45, 7) is 1.74. The number of carboxylic acids is 4. The van der Waals surface area contributed by atoms with Crippen molar-refractivity contribution >= 4 is 86.4 Å². The van der Waals surface area contributed by atoms with Crippen LogP contribution in [-0.4, -0.2) is 102 Å². The quantitative estimate of drug-likeness (QED) is 0.0431. The van der Waals surface area contributed by atoms with Crippen molar-refractivity contribution in [1.29, 1.82) is 0 Å². The molecular formula is C39H46N4O12P2S2. The van der Waals surface area contributed by atoms with Crippen LogP contribution in [-0.2, 0) is 41.9 Å². The van der Waals surface area contributed by atoms with Crippen LogP contribution in [0.25, 0.3) is 0 Å². The van der Waals surface area contributed by atoms with E-state index in [0.717, 1.165) is 23.5 Å². The third-order valence-corrected chi connectivity index (χ3v) is 15.9. The first kappa shape index (κ1) is 48.4. The Kier molecular flexibility index (Phi) is 20.4. The van der Waals surface area contributed by atoms with Gasteiger partial charge in [0.15, 0.2) is 0 Å². The summed E-state index contributed by atoms with van der Waals surface area (Å²) >= 11 is 2.13. The third kappa shape index (κ3) is 17.1. The minimum absolute atomic E-state index is 0.0885. The fourth-order valence-corrected chi connectivity index (χ4v) is 11.9. The van der Waals surface area contributed by atoms with Crippen molar-refractivity contribution in [3.8, 4) is 12.3 Å². The number of carboxylic acid groups (broad SMARTS) is 4. The van der Waals surface area contributed by atoms with E-state index in [1.54, 1.807) is 55.5 Å². The third-order valence-electron chi connectivity index (χ3n) is 8.49. The molecule has 3 aromatic rings. The van der Waals surface area contributed by atoms with E-state index in [0.29, 0.717) is 58.1 Å². The zero-order valence-electron chi connectivity index (χ0n) is 32.3. The predicted molar refractivity (Wildman–Crippen MR) is 229 cm³/mol. The molecule has 0 aliphatic rings. The van der Waals surface area contributed by atoms with E-state index in [4.69, 9.17) is 26.8 Å². The first-order valence-corrected chi connectivity index (χ1v) is 23.8. The lowest BCUT2D eigenvalue weighted by molar-refractivity contribution is -0.137. The largest absolute Gasteiger partial charge is 0.481 e. The molecule has 1 aromatic heterocycles. The predicted octanol–water partition coefficient (Wildman–Crippen LogP) is 5.49. The number of aromatic nitrogens is 2. The normalized spacial score (nSPS) is 10.9. The number of carbonyl (C=O) groups excluding carboxylic acids is 2. The SMILES string of the molecule is C#CCn1c(=O)c(Sc2ccc(NC(=O)CCP(CCC(=O)O)CCC(=O)O)cc2)c(Sc2ccc(NC(=O)CCP(CCC(=O)O)CCC(=O)O)cc2)c(=O)n1CC. The lowest BCUT2D eigenvalue weighted by Gasteiger charge is -2.17. The Morgan fingerprint density at radius 1 is 0.576 bits per heavy atom.